The quantitative estimate of drug-likeness (QED) is 0.169. The summed E-state index contributed by atoms with van der Waals surface area (Å²) in [7, 11) is -7.91. The predicted molar refractivity (Wildman–Crippen MR) is 112 cm³/mol. The molecule has 0 radical (unpaired) electrons. The van der Waals surface area contributed by atoms with E-state index in [0.717, 1.165) is 0 Å². The van der Waals surface area contributed by atoms with Crippen molar-refractivity contribution in [3.8, 4) is 0 Å². The van der Waals surface area contributed by atoms with Gasteiger partial charge in [0.2, 0.25) is 35.7 Å². The minimum absolute atomic E-state index is 0.0417. The maximum Gasteiger partial charge on any atom is 0.472 e. The van der Waals surface area contributed by atoms with Crippen molar-refractivity contribution in [3.05, 3.63) is 0 Å². The van der Waals surface area contributed by atoms with Crippen molar-refractivity contribution >= 4 is 51.3 Å². The first-order chi connectivity index (χ1) is 15.2. The van der Waals surface area contributed by atoms with Gasteiger partial charge in [0.15, 0.2) is 0 Å². The molecule has 0 unspecified atom stereocenters. The molecule has 33 heavy (non-hydrogen) atoms. The van der Waals surface area contributed by atoms with E-state index >= 15 is 0 Å². The summed E-state index contributed by atoms with van der Waals surface area (Å²) >= 11 is 0. The van der Waals surface area contributed by atoms with Gasteiger partial charge in [0.25, 0.3) is 0 Å². The molecule has 2 saturated heterocycles. The molecule has 0 amide bonds. The predicted octanol–water partition coefficient (Wildman–Crippen LogP) is -2.50. The molecule has 22 heteroatoms. The molecular weight excluding hydrogens is 490 g/mol. The summed E-state index contributed by atoms with van der Waals surface area (Å²) in [6.45, 7) is -0.441. The molecule has 0 aromatic carbocycles. The van der Waals surface area contributed by atoms with Gasteiger partial charge in [0.05, 0.1) is 31.8 Å². The zero-order valence-corrected chi connectivity index (χ0v) is 18.5. The Bertz CT molecular complexity index is 864. The highest BCUT2D eigenvalue weighted by atomic mass is 31.2. The van der Waals surface area contributed by atoms with Gasteiger partial charge in [-0.1, -0.05) is 0 Å². The molecule has 4 heterocycles. The fourth-order valence-electron chi connectivity index (χ4n) is 2.05. The Morgan fingerprint density at radius 2 is 0.727 bits per heavy atom. The molecular formula is C11H22N12O8P2. The lowest BCUT2D eigenvalue weighted by Gasteiger charge is -2.40. The van der Waals surface area contributed by atoms with E-state index in [4.69, 9.17) is 44.2 Å². The number of nitrogens with zero attached hydrogens (tertiary/aromatic N) is 6. The van der Waals surface area contributed by atoms with Crippen molar-refractivity contribution in [1.29, 1.82) is 0 Å². The maximum atomic E-state index is 10.9. The molecule has 4 rings (SSSR count). The number of phosphoric acid groups is 2. The molecule has 0 atom stereocenters. The summed E-state index contributed by atoms with van der Waals surface area (Å²) in [4.78, 5) is 38.8. The van der Waals surface area contributed by atoms with Crippen LogP contribution in [0.5, 0.6) is 0 Å². The van der Waals surface area contributed by atoms with Gasteiger partial charge in [-0.05, 0) is 0 Å². The normalized spacial score (nSPS) is 28.7. The van der Waals surface area contributed by atoms with Gasteiger partial charge in [0, 0.05) is 0 Å². The van der Waals surface area contributed by atoms with Crippen molar-refractivity contribution in [3.63, 3.8) is 0 Å². The van der Waals surface area contributed by atoms with E-state index in [1.165, 1.54) is 0 Å². The monoisotopic (exact) mass is 512 g/mol. The Morgan fingerprint density at radius 3 is 0.909 bits per heavy atom. The van der Waals surface area contributed by atoms with Gasteiger partial charge in [-0.3, -0.25) is 18.1 Å². The van der Waals surface area contributed by atoms with Crippen LogP contribution in [0.15, 0.2) is 0 Å². The fraction of sp³-hybridized carbons (Fsp3) is 0.455. The number of hydrogen-bond acceptors (Lipinski definition) is 18. The van der Waals surface area contributed by atoms with Crippen molar-refractivity contribution in [2.24, 2.45) is 5.41 Å². The molecule has 2 aliphatic heterocycles. The molecule has 2 aliphatic rings. The lowest BCUT2D eigenvalue weighted by atomic mass is 9.93. The van der Waals surface area contributed by atoms with Gasteiger partial charge < -0.3 is 44.2 Å². The van der Waals surface area contributed by atoms with Crippen molar-refractivity contribution in [2.45, 2.75) is 0 Å². The van der Waals surface area contributed by atoms with E-state index in [1.807, 2.05) is 0 Å². The molecule has 2 aromatic rings. The number of anilines is 6. The minimum Gasteiger partial charge on any atom is -0.368 e. The van der Waals surface area contributed by atoms with Crippen LogP contribution in [0.1, 0.15) is 0 Å². The van der Waals surface area contributed by atoms with Gasteiger partial charge in [-0.25, -0.2) is 9.13 Å². The number of hydrogen-bond donors (Lipinski definition) is 8. The van der Waals surface area contributed by atoms with Gasteiger partial charge in [-0.15, -0.1) is 0 Å². The fourth-order valence-corrected chi connectivity index (χ4v) is 3.95. The van der Waals surface area contributed by atoms with Gasteiger partial charge in [-0.2, -0.15) is 29.9 Å². The Kier molecular flexibility index (Phi) is 8.22. The van der Waals surface area contributed by atoms with Crippen LogP contribution in [0.4, 0.5) is 35.7 Å². The Labute approximate surface area is 185 Å². The molecule has 0 saturated carbocycles. The zero-order valence-electron chi connectivity index (χ0n) is 16.7. The second-order valence-electron chi connectivity index (χ2n) is 6.35. The summed E-state index contributed by atoms with van der Waals surface area (Å²) in [6, 6.07) is 0. The average Bonchev–Trinajstić information content (AvgIpc) is 2.65. The van der Waals surface area contributed by atoms with Crippen molar-refractivity contribution in [2.75, 3.05) is 60.8 Å². The standard InChI is InChI=1S/C5H10O8P2.2C3H6N6/c6-14(7)10-1-5(2-11-14)3-12-15(8,9)13-4-5;2*4-1-7-2(5)9-3(6)8-1/h1-4H2,(H,6,7)(H,8,9);2*(H6,4,5,6,7,8,9). The highest BCUT2D eigenvalue weighted by Crippen LogP contribution is 2.55. The van der Waals surface area contributed by atoms with E-state index in [-0.39, 0.29) is 62.1 Å². The topological polar surface area (TPSA) is 345 Å². The smallest absolute Gasteiger partial charge is 0.368 e. The van der Waals surface area contributed by atoms with E-state index in [0.29, 0.717) is 0 Å². The average molecular weight is 512 g/mol. The molecule has 0 bridgehead atoms. The van der Waals surface area contributed by atoms with E-state index in [2.05, 4.69) is 48.0 Å². The van der Waals surface area contributed by atoms with Gasteiger partial charge >= 0.3 is 15.6 Å². The summed E-state index contributed by atoms with van der Waals surface area (Å²) < 4.78 is 40.2. The summed E-state index contributed by atoms with van der Waals surface area (Å²) in [5.74, 6) is 0.250. The highest BCUT2D eigenvalue weighted by molar-refractivity contribution is 7.47. The van der Waals surface area contributed by atoms with Crippen LogP contribution >= 0.6 is 15.6 Å². The van der Waals surface area contributed by atoms with Crippen LogP contribution < -0.4 is 34.4 Å². The first-order valence-electron chi connectivity index (χ1n) is 8.48. The largest absolute Gasteiger partial charge is 0.472 e. The first-order valence-corrected chi connectivity index (χ1v) is 11.5. The number of nitrogen functional groups attached to an aromatic ring is 6. The van der Waals surface area contributed by atoms with Crippen LogP contribution in [0, 0.1) is 5.41 Å². The molecule has 2 aromatic heterocycles. The molecule has 14 N–H and O–H groups in total. The van der Waals surface area contributed by atoms with Gasteiger partial charge in [0.1, 0.15) is 0 Å². The molecule has 2 fully saturated rings. The minimum atomic E-state index is -3.95. The van der Waals surface area contributed by atoms with E-state index in [1.54, 1.807) is 0 Å². The van der Waals surface area contributed by atoms with E-state index in [9.17, 15) is 9.13 Å². The zero-order chi connectivity index (χ0) is 24.9. The molecule has 0 aliphatic carbocycles. The second-order valence-corrected chi connectivity index (χ2v) is 9.26. The lowest BCUT2D eigenvalue weighted by molar-refractivity contribution is -0.0878. The van der Waals surface area contributed by atoms with Crippen molar-refractivity contribution in [1.82, 2.24) is 29.9 Å². The lowest BCUT2D eigenvalue weighted by Crippen LogP contribution is -2.45. The summed E-state index contributed by atoms with van der Waals surface area (Å²) in [5.41, 5.74) is 30.0. The third-order valence-corrected chi connectivity index (χ3v) is 5.33. The summed E-state index contributed by atoms with van der Waals surface area (Å²) in [6.07, 6.45) is 0. The van der Waals surface area contributed by atoms with Crippen molar-refractivity contribution < 1.29 is 37.0 Å². The second kappa shape index (κ2) is 10.3. The van der Waals surface area contributed by atoms with Crippen LogP contribution in [0.25, 0.3) is 0 Å². The third-order valence-electron chi connectivity index (χ3n) is 3.51. The number of nitrogens with two attached hydrogens (primary N) is 6. The first kappa shape index (κ1) is 26.3. The van der Waals surface area contributed by atoms with Crippen LogP contribution in [-0.4, -0.2) is 66.1 Å². The Morgan fingerprint density at radius 1 is 0.545 bits per heavy atom. The number of phosphoric ester groups is 2. The molecule has 1 spiro atoms. The van der Waals surface area contributed by atoms with Crippen LogP contribution in [-0.2, 0) is 27.2 Å². The summed E-state index contributed by atoms with van der Waals surface area (Å²) in [5, 5.41) is 0. The van der Waals surface area contributed by atoms with E-state index < -0.39 is 21.1 Å². The number of aromatic nitrogens is 6. The molecule has 20 nitrogen and oxygen atoms in total. The highest BCUT2D eigenvalue weighted by Gasteiger charge is 2.48. The van der Waals surface area contributed by atoms with Crippen LogP contribution in [0.3, 0.4) is 0 Å². The maximum absolute atomic E-state index is 10.9. The SMILES string of the molecule is Nc1nc(N)nc(N)n1.Nc1nc(N)nc(N)n1.O=P1(O)OCC2(CO1)COP(=O)(O)OC2. The Balaban J connectivity index is 0.000000186. The molecule has 184 valence electrons. The number of rotatable bonds is 0. The Hall–Kier alpha value is -2.96. The third kappa shape index (κ3) is 8.83. The van der Waals surface area contributed by atoms with Crippen LogP contribution in [0.2, 0.25) is 0 Å².